The van der Waals surface area contributed by atoms with Crippen molar-refractivity contribution in [2.45, 2.75) is 20.0 Å². The maximum atomic E-state index is 5.50. The Bertz CT molecular complexity index is 1280. The van der Waals surface area contributed by atoms with Crippen LogP contribution in [0.4, 0.5) is 11.5 Å². The molecular formula is C26H30N6OS. The number of morpholine rings is 1. The topological polar surface area (TPSA) is 66.4 Å². The Morgan fingerprint density at radius 1 is 1.09 bits per heavy atom. The standard InChI is InChI=1S/C26H30N6OS/c1-18-25-23(14-20(15-27-25)32-10-12-33-13-11-32)26(30-29-18)28-16-21-8-9-24(34-21)22-7-5-4-6-19(22)17-31(2)3/h4-9,14-15H,10-13,16-17H2,1-3H3,(H,28,30). The number of benzene rings is 1. The Kier molecular flexibility index (Phi) is 6.71. The van der Waals surface area contributed by atoms with Crippen LogP contribution >= 0.6 is 11.3 Å². The fourth-order valence-electron chi connectivity index (χ4n) is 4.30. The first-order chi connectivity index (χ1) is 16.6. The van der Waals surface area contributed by atoms with Crippen molar-refractivity contribution in [3.63, 3.8) is 0 Å². The summed E-state index contributed by atoms with van der Waals surface area (Å²) in [7, 11) is 4.21. The van der Waals surface area contributed by atoms with Crippen LogP contribution in [-0.4, -0.2) is 60.5 Å². The third-order valence-electron chi connectivity index (χ3n) is 6.01. The molecule has 4 heterocycles. The predicted molar refractivity (Wildman–Crippen MR) is 140 cm³/mol. The minimum absolute atomic E-state index is 0.690. The lowest BCUT2D eigenvalue weighted by Crippen LogP contribution is -2.36. The molecule has 0 atom stereocenters. The third-order valence-corrected chi connectivity index (χ3v) is 7.13. The highest BCUT2D eigenvalue weighted by Gasteiger charge is 2.15. The van der Waals surface area contributed by atoms with Crippen LogP contribution in [-0.2, 0) is 17.8 Å². The van der Waals surface area contributed by atoms with Crippen molar-refractivity contribution in [3.8, 4) is 10.4 Å². The molecule has 3 aromatic heterocycles. The van der Waals surface area contributed by atoms with E-state index in [1.807, 2.05) is 24.5 Å². The van der Waals surface area contributed by atoms with E-state index in [4.69, 9.17) is 9.72 Å². The zero-order valence-corrected chi connectivity index (χ0v) is 20.7. The largest absolute Gasteiger partial charge is 0.378 e. The normalized spacial score (nSPS) is 14.2. The van der Waals surface area contributed by atoms with E-state index in [0.717, 1.165) is 61.0 Å². The molecule has 1 aliphatic rings. The Morgan fingerprint density at radius 2 is 1.91 bits per heavy atom. The van der Waals surface area contributed by atoms with Gasteiger partial charge in [-0.1, -0.05) is 24.3 Å². The molecule has 0 spiro atoms. The molecule has 1 aromatic carbocycles. The first kappa shape index (κ1) is 22.7. The molecular weight excluding hydrogens is 444 g/mol. The number of anilines is 2. The maximum Gasteiger partial charge on any atom is 0.158 e. The van der Waals surface area contributed by atoms with Gasteiger partial charge in [0, 0.05) is 34.8 Å². The van der Waals surface area contributed by atoms with Crippen molar-refractivity contribution in [3.05, 3.63) is 64.8 Å². The van der Waals surface area contributed by atoms with E-state index in [0.29, 0.717) is 6.54 Å². The number of rotatable bonds is 7. The first-order valence-corrected chi connectivity index (χ1v) is 12.4. The van der Waals surface area contributed by atoms with Crippen molar-refractivity contribution < 1.29 is 4.74 Å². The van der Waals surface area contributed by atoms with E-state index in [2.05, 4.69) is 81.9 Å². The quantitative estimate of drug-likeness (QED) is 0.421. The fourth-order valence-corrected chi connectivity index (χ4v) is 5.31. The summed E-state index contributed by atoms with van der Waals surface area (Å²) in [5.41, 5.74) is 5.46. The fraction of sp³-hybridized carbons (Fsp3) is 0.346. The lowest BCUT2D eigenvalue weighted by molar-refractivity contribution is 0.122. The van der Waals surface area contributed by atoms with Crippen LogP contribution in [0, 0.1) is 6.92 Å². The Labute approximate surface area is 204 Å². The second-order valence-electron chi connectivity index (χ2n) is 8.84. The molecule has 0 saturated carbocycles. The molecule has 0 bridgehead atoms. The zero-order valence-electron chi connectivity index (χ0n) is 19.9. The second-order valence-corrected chi connectivity index (χ2v) is 10.0. The summed E-state index contributed by atoms with van der Waals surface area (Å²) in [5, 5.41) is 13.3. The summed E-state index contributed by atoms with van der Waals surface area (Å²) in [5.74, 6) is 0.770. The Morgan fingerprint density at radius 3 is 2.74 bits per heavy atom. The van der Waals surface area contributed by atoms with Gasteiger partial charge in [0.2, 0.25) is 0 Å². The summed E-state index contributed by atoms with van der Waals surface area (Å²) in [6.07, 6.45) is 1.93. The van der Waals surface area contributed by atoms with E-state index in [-0.39, 0.29) is 0 Å². The van der Waals surface area contributed by atoms with E-state index >= 15 is 0 Å². The first-order valence-electron chi connectivity index (χ1n) is 11.6. The molecule has 34 heavy (non-hydrogen) atoms. The number of fused-ring (bicyclic) bond motifs is 1. The van der Waals surface area contributed by atoms with Crippen molar-refractivity contribution in [1.29, 1.82) is 0 Å². The molecule has 4 aromatic rings. The molecule has 5 rings (SSSR count). The number of pyridine rings is 1. The second kappa shape index (κ2) is 10.0. The zero-order chi connectivity index (χ0) is 23.5. The summed E-state index contributed by atoms with van der Waals surface area (Å²) >= 11 is 1.81. The number of nitrogens with one attached hydrogen (secondary N) is 1. The van der Waals surface area contributed by atoms with Crippen molar-refractivity contribution in [2.75, 3.05) is 50.6 Å². The monoisotopic (exact) mass is 474 g/mol. The molecule has 1 saturated heterocycles. The van der Waals surface area contributed by atoms with E-state index in [9.17, 15) is 0 Å². The highest BCUT2D eigenvalue weighted by atomic mass is 32.1. The van der Waals surface area contributed by atoms with Crippen LogP contribution in [0.1, 0.15) is 16.1 Å². The van der Waals surface area contributed by atoms with Gasteiger partial charge < -0.3 is 19.9 Å². The van der Waals surface area contributed by atoms with Crippen LogP contribution < -0.4 is 10.2 Å². The molecule has 8 heteroatoms. The van der Waals surface area contributed by atoms with Crippen LogP contribution in [0.15, 0.2) is 48.7 Å². The maximum absolute atomic E-state index is 5.50. The van der Waals surface area contributed by atoms with Crippen LogP contribution in [0.3, 0.4) is 0 Å². The molecule has 0 radical (unpaired) electrons. The number of aromatic nitrogens is 3. The highest BCUT2D eigenvalue weighted by molar-refractivity contribution is 7.15. The molecule has 0 amide bonds. The van der Waals surface area contributed by atoms with Gasteiger partial charge in [-0.2, -0.15) is 5.10 Å². The van der Waals surface area contributed by atoms with Gasteiger partial charge in [0.1, 0.15) is 0 Å². The predicted octanol–water partition coefficient (Wildman–Crippen LogP) is 4.57. The summed E-state index contributed by atoms with van der Waals surface area (Å²) < 4.78 is 5.50. The number of hydrogen-bond acceptors (Lipinski definition) is 8. The average molecular weight is 475 g/mol. The summed E-state index contributed by atoms with van der Waals surface area (Å²) in [6, 6.07) is 15.2. The molecule has 176 valence electrons. The van der Waals surface area contributed by atoms with Gasteiger partial charge in [-0.25, -0.2) is 0 Å². The number of ether oxygens (including phenoxy) is 1. The van der Waals surface area contributed by atoms with Gasteiger partial charge in [-0.3, -0.25) is 4.98 Å². The van der Waals surface area contributed by atoms with E-state index < -0.39 is 0 Å². The number of thiophene rings is 1. The van der Waals surface area contributed by atoms with Crippen molar-refractivity contribution in [1.82, 2.24) is 20.1 Å². The minimum atomic E-state index is 0.690. The van der Waals surface area contributed by atoms with Gasteiger partial charge in [0.15, 0.2) is 5.82 Å². The summed E-state index contributed by atoms with van der Waals surface area (Å²) in [6.45, 7) is 6.81. The lowest BCUT2D eigenvalue weighted by atomic mass is 10.1. The molecule has 0 unspecified atom stereocenters. The van der Waals surface area contributed by atoms with E-state index in [1.54, 1.807) is 0 Å². The third kappa shape index (κ3) is 4.89. The number of hydrogen-bond donors (Lipinski definition) is 1. The van der Waals surface area contributed by atoms with Gasteiger partial charge in [0.05, 0.1) is 42.9 Å². The Balaban J connectivity index is 1.38. The number of aryl methyl sites for hydroxylation is 1. The summed E-state index contributed by atoms with van der Waals surface area (Å²) in [4.78, 5) is 11.8. The number of nitrogens with zero attached hydrogens (tertiary/aromatic N) is 5. The van der Waals surface area contributed by atoms with Crippen LogP contribution in [0.25, 0.3) is 21.3 Å². The smallest absolute Gasteiger partial charge is 0.158 e. The van der Waals surface area contributed by atoms with Gasteiger partial charge in [-0.15, -0.1) is 16.4 Å². The molecule has 7 nitrogen and oxygen atoms in total. The van der Waals surface area contributed by atoms with Gasteiger partial charge >= 0.3 is 0 Å². The van der Waals surface area contributed by atoms with Crippen LogP contribution in [0.5, 0.6) is 0 Å². The van der Waals surface area contributed by atoms with Crippen molar-refractivity contribution >= 4 is 33.7 Å². The van der Waals surface area contributed by atoms with E-state index in [1.165, 1.54) is 20.9 Å². The van der Waals surface area contributed by atoms with Crippen molar-refractivity contribution in [2.24, 2.45) is 0 Å². The molecule has 1 fully saturated rings. The van der Waals surface area contributed by atoms with Gasteiger partial charge in [-0.05, 0) is 50.3 Å². The van der Waals surface area contributed by atoms with Crippen LogP contribution in [0.2, 0.25) is 0 Å². The van der Waals surface area contributed by atoms with Gasteiger partial charge in [0.25, 0.3) is 0 Å². The highest BCUT2D eigenvalue weighted by Crippen LogP contribution is 2.32. The molecule has 1 N–H and O–H groups in total. The molecule has 1 aliphatic heterocycles. The average Bonchev–Trinajstić information content (AvgIpc) is 3.33. The molecule has 0 aliphatic carbocycles. The minimum Gasteiger partial charge on any atom is -0.378 e. The lowest BCUT2D eigenvalue weighted by Gasteiger charge is -2.28. The Hall–Kier alpha value is -3.07. The SMILES string of the molecule is Cc1nnc(NCc2ccc(-c3ccccc3CN(C)C)s2)c2cc(N3CCOCC3)cnc12.